The molecule has 0 saturated heterocycles. The number of hydrogen-bond donors (Lipinski definition) is 0. The number of fused-ring (bicyclic) bond motifs is 2. The molecule has 0 amide bonds. The average Bonchev–Trinajstić information content (AvgIpc) is 3.55. The first-order valence-electron chi connectivity index (χ1n) is 12.3. The van der Waals surface area contributed by atoms with E-state index >= 15 is 0 Å². The Bertz CT molecular complexity index is 1420. The van der Waals surface area contributed by atoms with E-state index in [4.69, 9.17) is 16.6 Å². The van der Waals surface area contributed by atoms with Crippen LogP contribution in [0, 0.1) is 19.8 Å². The summed E-state index contributed by atoms with van der Waals surface area (Å²) in [4.78, 5) is 33.3. The molecule has 9 nitrogen and oxygen atoms in total. The molecular formula is C26H32ClN7O2. The minimum atomic E-state index is 0.218. The second kappa shape index (κ2) is 10.7. The molecular weight excluding hydrogens is 478 g/mol. The van der Waals surface area contributed by atoms with Crippen molar-refractivity contribution >= 4 is 52.1 Å². The molecule has 36 heavy (non-hydrogen) atoms. The molecule has 4 aromatic rings. The Hall–Kier alpha value is -3.33. The van der Waals surface area contributed by atoms with E-state index in [1.54, 1.807) is 22.5 Å². The summed E-state index contributed by atoms with van der Waals surface area (Å²) in [5.74, 6) is 1.53. The normalized spacial score (nSPS) is 13.7. The summed E-state index contributed by atoms with van der Waals surface area (Å²) in [5.41, 5.74) is 4.37. The zero-order valence-corrected chi connectivity index (χ0v) is 22.2. The Balaban J connectivity index is 0.000000187. The third-order valence-corrected chi connectivity index (χ3v) is 7.18. The lowest BCUT2D eigenvalue weighted by Gasteiger charge is -2.26. The number of nitrogens with zero attached hydrogens (tertiary/aromatic N) is 7. The summed E-state index contributed by atoms with van der Waals surface area (Å²) in [5, 5.41) is 10.6. The fourth-order valence-electron chi connectivity index (χ4n) is 4.98. The number of rotatable bonds is 6. The Morgan fingerprint density at radius 3 is 2.00 bits per heavy atom. The van der Waals surface area contributed by atoms with E-state index in [0.717, 1.165) is 58.9 Å². The number of carbonyl (C=O) groups is 2. The fourth-order valence-corrected chi connectivity index (χ4v) is 5.16. The van der Waals surface area contributed by atoms with Crippen LogP contribution in [0.15, 0.2) is 12.1 Å². The molecule has 4 aromatic heterocycles. The summed E-state index contributed by atoms with van der Waals surface area (Å²) in [7, 11) is 3.69. The van der Waals surface area contributed by atoms with Gasteiger partial charge < -0.3 is 4.90 Å². The van der Waals surface area contributed by atoms with Crippen LogP contribution in [0.4, 0.5) is 5.82 Å². The Kier molecular flexibility index (Phi) is 7.68. The molecule has 1 fully saturated rings. The molecule has 10 heteroatoms. The molecule has 1 aliphatic carbocycles. The van der Waals surface area contributed by atoms with Gasteiger partial charge in [-0.1, -0.05) is 24.4 Å². The SMILES string of the molecule is CCN(CC1CCCC1)c1nc2c(cc1C=O)c(C)nn2C.Cc1nn(C)c2nc(Cl)c(C=O)cc12. The number of aldehydes is 2. The number of aromatic nitrogens is 6. The van der Waals surface area contributed by atoms with Crippen molar-refractivity contribution in [3.8, 4) is 0 Å². The molecule has 190 valence electrons. The second-order valence-corrected chi connectivity index (χ2v) is 9.71. The number of anilines is 1. The zero-order chi connectivity index (χ0) is 26.0. The van der Waals surface area contributed by atoms with Gasteiger partial charge in [0.25, 0.3) is 0 Å². The molecule has 1 saturated carbocycles. The van der Waals surface area contributed by atoms with Gasteiger partial charge in [-0.3, -0.25) is 19.0 Å². The molecule has 0 N–H and O–H groups in total. The summed E-state index contributed by atoms with van der Waals surface area (Å²) in [6, 6.07) is 3.64. The van der Waals surface area contributed by atoms with E-state index in [9.17, 15) is 9.59 Å². The number of halogens is 1. The van der Waals surface area contributed by atoms with Crippen LogP contribution in [0.25, 0.3) is 22.1 Å². The van der Waals surface area contributed by atoms with Crippen molar-refractivity contribution in [1.82, 2.24) is 29.5 Å². The monoisotopic (exact) mass is 509 g/mol. The number of carbonyl (C=O) groups excluding carboxylic acids is 2. The van der Waals surface area contributed by atoms with Gasteiger partial charge in [-0.25, -0.2) is 9.97 Å². The topological polar surface area (TPSA) is 98.8 Å². The predicted molar refractivity (Wildman–Crippen MR) is 142 cm³/mol. The van der Waals surface area contributed by atoms with E-state index < -0.39 is 0 Å². The Morgan fingerprint density at radius 1 is 0.944 bits per heavy atom. The smallest absolute Gasteiger partial charge is 0.160 e. The van der Waals surface area contributed by atoms with Gasteiger partial charge in [-0.15, -0.1) is 0 Å². The van der Waals surface area contributed by atoms with Gasteiger partial charge in [0.05, 0.1) is 22.5 Å². The van der Waals surface area contributed by atoms with Crippen molar-refractivity contribution in [3.63, 3.8) is 0 Å². The lowest BCUT2D eigenvalue weighted by atomic mass is 10.1. The quantitative estimate of drug-likeness (QED) is 0.270. The zero-order valence-electron chi connectivity index (χ0n) is 21.5. The lowest BCUT2D eigenvalue weighted by Crippen LogP contribution is -2.30. The third kappa shape index (κ3) is 4.97. The minimum Gasteiger partial charge on any atom is -0.356 e. The summed E-state index contributed by atoms with van der Waals surface area (Å²) in [6.45, 7) is 7.81. The van der Waals surface area contributed by atoms with Gasteiger partial charge in [0, 0.05) is 38.0 Å². The van der Waals surface area contributed by atoms with Gasteiger partial charge in [0.2, 0.25) is 0 Å². The van der Waals surface area contributed by atoms with E-state index in [-0.39, 0.29) is 5.15 Å². The predicted octanol–water partition coefficient (Wildman–Crippen LogP) is 4.85. The van der Waals surface area contributed by atoms with Crippen LogP contribution in [0.5, 0.6) is 0 Å². The van der Waals surface area contributed by atoms with Crippen LogP contribution in [-0.2, 0) is 14.1 Å². The molecule has 4 heterocycles. The molecule has 5 rings (SSSR count). The second-order valence-electron chi connectivity index (χ2n) is 9.35. The molecule has 0 aliphatic heterocycles. The molecule has 0 spiro atoms. The van der Waals surface area contributed by atoms with Gasteiger partial charge in [0.1, 0.15) is 11.0 Å². The van der Waals surface area contributed by atoms with Crippen LogP contribution in [0.2, 0.25) is 5.15 Å². The molecule has 0 radical (unpaired) electrons. The van der Waals surface area contributed by atoms with Crippen molar-refractivity contribution in [2.75, 3.05) is 18.0 Å². The highest BCUT2D eigenvalue weighted by atomic mass is 35.5. The maximum atomic E-state index is 11.6. The van der Waals surface area contributed by atoms with Crippen molar-refractivity contribution in [2.24, 2.45) is 20.0 Å². The maximum absolute atomic E-state index is 11.6. The van der Waals surface area contributed by atoms with Crippen LogP contribution < -0.4 is 4.90 Å². The first kappa shape index (κ1) is 25.8. The van der Waals surface area contributed by atoms with Gasteiger partial charge in [-0.05, 0) is 51.7 Å². The van der Waals surface area contributed by atoms with Gasteiger partial charge in [0.15, 0.2) is 23.9 Å². The van der Waals surface area contributed by atoms with Crippen molar-refractivity contribution in [1.29, 1.82) is 0 Å². The minimum absolute atomic E-state index is 0.218. The highest BCUT2D eigenvalue weighted by molar-refractivity contribution is 6.32. The fraction of sp³-hybridized carbons (Fsp3) is 0.462. The van der Waals surface area contributed by atoms with E-state index in [0.29, 0.717) is 23.1 Å². The number of pyridine rings is 2. The molecule has 0 aromatic carbocycles. The number of hydrogen-bond acceptors (Lipinski definition) is 7. The summed E-state index contributed by atoms with van der Waals surface area (Å²) < 4.78 is 3.44. The summed E-state index contributed by atoms with van der Waals surface area (Å²) in [6.07, 6.45) is 6.86. The van der Waals surface area contributed by atoms with E-state index in [1.807, 2.05) is 27.0 Å². The third-order valence-electron chi connectivity index (χ3n) is 6.87. The summed E-state index contributed by atoms with van der Waals surface area (Å²) >= 11 is 5.80. The van der Waals surface area contributed by atoms with Crippen LogP contribution >= 0.6 is 11.6 Å². The van der Waals surface area contributed by atoms with Crippen LogP contribution in [0.1, 0.15) is 64.7 Å². The maximum Gasteiger partial charge on any atom is 0.160 e. The number of aryl methyl sites for hydroxylation is 4. The van der Waals surface area contributed by atoms with Crippen molar-refractivity contribution in [2.45, 2.75) is 46.5 Å². The molecule has 0 unspecified atom stereocenters. The van der Waals surface area contributed by atoms with E-state index in [2.05, 4.69) is 27.0 Å². The van der Waals surface area contributed by atoms with Crippen molar-refractivity contribution < 1.29 is 9.59 Å². The largest absolute Gasteiger partial charge is 0.356 e. The Labute approximate surface area is 215 Å². The first-order chi connectivity index (χ1) is 17.3. The molecule has 0 bridgehead atoms. The lowest BCUT2D eigenvalue weighted by molar-refractivity contribution is 0.111. The highest BCUT2D eigenvalue weighted by Gasteiger charge is 2.22. The Morgan fingerprint density at radius 2 is 1.47 bits per heavy atom. The van der Waals surface area contributed by atoms with E-state index in [1.165, 1.54) is 25.7 Å². The molecule has 1 aliphatic rings. The van der Waals surface area contributed by atoms with Gasteiger partial charge >= 0.3 is 0 Å². The highest BCUT2D eigenvalue weighted by Crippen LogP contribution is 2.29. The van der Waals surface area contributed by atoms with Gasteiger partial charge in [-0.2, -0.15) is 10.2 Å². The van der Waals surface area contributed by atoms with Crippen LogP contribution in [-0.4, -0.2) is 55.2 Å². The standard InChI is InChI=1S/C17H24N4O.C9H8ClN3O/c1-4-21(10-13-7-5-6-8-13)16-14(11-22)9-15-12(2)19-20(3)17(15)18-16;1-5-7-3-6(4-14)8(10)11-9(7)13(2)12-5/h9,11,13H,4-8,10H2,1-3H3;3-4H,1-2H3. The van der Waals surface area contributed by atoms with Crippen molar-refractivity contribution in [3.05, 3.63) is 39.8 Å². The first-order valence-corrected chi connectivity index (χ1v) is 12.6. The average molecular weight is 510 g/mol. The molecule has 0 atom stereocenters. The van der Waals surface area contributed by atoms with Crippen LogP contribution in [0.3, 0.4) is 0 Å².